The molecular weight excluding hydrogens is 260 g/mol. The van der Waals surface area contributed by atoms with E-state index in [1.165, 1.54) is 24.0 Å². The van der Waals surface area contributed by atoms with Crippen LogP contribution in [-0.2, 0) is 17.8 Å². The minimum Gasteiger partial charge on any atom is -0.341 e. The summed E-state index contributed by atoms with van der Waals surface area (Å²) in [6.45, 7) is 2.84. The maximum atomic E-state index is 12.7. The van der Waals surface area contributed by atoms with Crippen LogP contribution >= 0.6 is 0 Å². The zero-order chi connectivity index (χ0) is 15.0. The van der Waals surface area contributed by atoms with Crippen molar-refractivity contribution in [1.29, 1.82) is 0 Å². The normalized spacial score (nSPS) is 30.6. The standard InChI is InChI=1S/C18H26N2O/c1-3-12-4-6-13(7-5-12)11-20(2)18(21)16-14-8-9-15(10-14)17(16)19/h4-7,14-17H,3,8-11,19H2,1-2H3. The van der Waals surface area contributed by atoms with Crippen molar-refractivity contribution in [3.8, 4) is 0 Å². The lowest BCUT2D eigenvalue weighted by Gasteiger charge is -2.30. The fourth-order valence-electron chi connectivity index (χ4n) is 4.19. The number of amides is 1. The summed E-state index contributed by atoms with van der Waals surface area (Å²) >= 11 is 0. The van der Waals surface area contributed by atoms with Gasteiger partial charge in [0.25, 0.3) is 0 Å². The Morgan fingerprint density at radius 3 is 2.38 bits per heavy atom. The molecular formula is C18H26N2O. The number of carbonyl (C=O) groups is 1. The number of rotatable bonds is 4. The van der Waals surface area contributed by atoms with E-state index in [4.69, 9.17) is 5.73 Å². The van der Waals surface area contributed by atoms with Crippen LogP contribution in [-0.4, -0.2) is 23.9 Å². The summed E-state index contributed by atoms with van der Waals surface area (Å²) in [5.41, 5.74) is 8.82. The van der Waals surface area contributed by atoms with Crippen LogP contribution in [0.15, 0.2) is 24.3 Å². The van der Waals surface area contributed by atoms with Crippen molar-refractivity contribution in [2.24, 2.45) is 23.5 Å². The fourth-order valence-corrected chi connectivity index (χ4v) is 4.19. The molecule has 3 heteroatoms. The first kappa shape index (κ1) is 14.6. The fraction of sp³-hybridized carbons (Fsp3) is 0.611. The Balaban J connectivity index is 1.64. The maximum absolute atomic E-state index is 12.7. The van der Waals surface area contributed by atoms with Gasteiger partial charge in [0.05, 0.1) is 5.92 Å². The van der Waals surface area contributed by atoms with Crippen LogP contribution in [0.2, 0.25) is 0 Å². The smallest absolute Gasteiger partial charge is 0.227 e. The van der Waals surface area contributed by atoms with Crippen molar-refractivity contribution in [1.82, 2.24) is 4.90 Å². The van der Waals surface area contributed by atoms with Crippen molar-refractivity contribution >= 4 is 5.91 Å². The number of fused-ring (bicyclic) bond motifs is 2. The number of hydrogen-bond acceptors (Lipinski definition) is 2. The minimum atomic E-state index is 0.0589. The van der Waals surface area contributed by atoms with Gasteiger partial charge < -0.3 is 10.6 Å². The van der Waals surface area contributed by atoms with E-state index >= 15 is 0 Å². The summed E-state index contributed by atoms with van der Waals surface area (Å²) in [6, 6.07) is 8.64. The lowest BCUT2D eigenvalue weighted by Crippen LogP contribution is -2.45. The van der Waals surface area contributed by atoms with E-state index < -0.39 is 0 Å². The Kier molecular flexibility index (Phi) is 4.03. The van der Waals surface area contributed by atoms with Crippen LogP contribution in [0.25, 0.3) is 0 Å². The molecule has 3 rings (SSSR count). The van der Waals surface area contributed by atoms with Crippen LogP contribution in [0.5, 0.6) is 0 Å². The van der Waals surface area contributed by atoms with Gasteiger partial charge in [0.2, 0.25) is 5.91 Å². The van der Waals surface area contributed by atoms with E-state index in [0.29, 0.717) is 18.4 Å². The topological polar surface area (TPSA) is 46.3 Å². The number of carbonyl (C=O) groups excluding carboxylic acids is 1. The van der Waals surface area contributed by atoms with Gasteiger partial charge in [0, 0.05) is 19.6 Å². The average molecular weight is 286 g/mol. The van der Waals surface area contributed by atoms with Gasteiger partial charge in [-0.15, -0.1) is 0 Å². The van der Waals surface area contributed by atoms with E-state index in [-0.39, 0.29) is 17.9 Å². The zero-order valence-corrected chi connectivity index (χ0v) is 13.1. The summed E-state index contributed by atoms with van der Waals surface area (Å²) in [7, 11) is 1.91. The van der Waals surface area contributed by atoms with Gasteiger partial charge in [-0.2, -0.15) is 0 Å². The predicted molar refractivity (Wildman–Crippen MR) is 84.6 cm³/mol. The van der Waals surface area contributed by atoms with Crippen molar-refractivity contribution in [3.63, 3.8) is 0 Å². The summed E-state index contributed by atoms with van der Waals surface area (Å²) < 4.78 is 0. The summed E-state index contributed by atoms with van der Waals surface area (Å²) in [5, 5.41) is 0. The average Bonchev–Trinajstić information content (AvgIpc) is 3.08. The van der Waals surface area contributed by atoms with E-state index in [0.717, 1.165) is 12.8 Å². The molecule has 2 aliphatic carbocycles. The molecule has 0 heterocycles. The summed E-state index contributed by atoms with van der Waals surface area (Å²) in [4.78, 5) is 14.6. The van der Waals surface area contributed by atoms with Gasteiger partial charge >= 0.3 is 0 Å². The highest BCUT2D eigenvalue weighted by molar-refractivity contribution is 5.80. The molecule has 4 atom stereocenters. The molecule has 1 aromatic carbocycles. The molecule has 2 aliphatic rings. The second-order valence-electron chi connectivity index (χ2n) is 6.80. The van der Waals surface area contributed by atoms with Crippen LogP contribution < -0.4 is 5.73 Å². The second-order valence-corrected chi connectivity index (χ2v) is 6.80. The first-order valence-electron chi connectivity index (χ1n) is 8.18. The first-order valence-corrected chi connectivity index (χ1v) is 8.18. The van der Waals surface area contributed by atoms with E-state index in [1.54, 1.807) is 0 Å². The molecule has 21 heavy (non-hydrogen) atoms. The van der Waals surface area contributed by atoms with Crippen LogP contribution in [0.1, 0.15) is 37.3 Å². The van der Waals surface area contributed by atoms with Crippen LogP contribution in [0.3, 0.4) is 0 Å². The van der Waals surface area contributed by atoms with E-state index in [9.17, 15) is 4.79 Å². The van der Waals surface area contributed by atoms with Gasteiger partial charge in [-0.1, -0.05) is 31.2 Å². The van der Waals surface area contributed by atoms with Gasteiger partial charge in [0.1, 0.15) is 0 Å². The number of aryl methyl sites for hydroxylation is 1. The molecule has 0 aliphatic heterocycles. The molecule has 2 fully saturated rings. The number of hydrogen-bond donors (Lipinski definition) is 1. The molecule has 4 unspecified atom stereocenters. The molecule has 0 radical (unpaired) electrons. The van der Waals surface area contributed by atoms with Crippen molar-refractivity contribution < 1.29 is 4.79 Å². The predicted octanol–water partition coefficient (Wildman–Crippen LogP) is 2.58. The van der Waals surface area contributed by atoms with Crippen molar-refractivity contribution in [2.75, 3.05) is 7.05 Å². The molecule has 0 saturated heterocycles. The van der Waals surface area contributed by atoms with Gasteiger partial charge in [0.15, 0.2) is 0 Å². The lowest BCUT2D eigenvalue weighted by atomic mass is 9.84. The molecule has 2 N–H and O–H groups in total. The molecule has 114 valence electrons. The molecule has 2 bridgehead atoms. The SMILES string of the molecule is CCc1ccc(CN(C)C(=O)C2C3CCC(C3)C2N)cc1. The third kappa shape index (κ3) is 2.71. The first-order chi connectivity index (χ1) is 10.1. The third-order valence-corrected chi connectivity index (χ3v) is 5.49. The van der Waals surface area contributed by atoms with E-state index in [1.807, 2.05) is 11.9 Å². The Bertz CT molecular complexity index is 508. The maximum Gasteiger partial charge on any atom is 0.227 e. The molecule has 2 saturated carbocycles. The Hall–Kier alpha value is -1.35. The van der Waals surface area contributed by atoms with Crippen molar-refractivity contribution in [2.45, 2.75) is 45.2 Å². The van der Waals surface area contributed by atoms with Crippen LogP contribution in [0.4, 0.5) is 0 Å². The molecule has 0 aromatic heterocycles. The molecule has 0 spiro atoms. The van der Waals surface area contributed by atoms with Crippen LogP contribution in [0, 0.1) is 17.8 Å². The zero-order valence-electron chi connectivity index (χ0n) is 13.1. The highest BCUT2D eigenvalue weighted by Crippen LogP contribution is 2.48. The second kappa shape index (κ2) is 5.80. The monoisotopic (exact) mass is 286 g/mol. The largest absolute Gasteiger partial charge is 0.341 e. The Labute approximate surface area is 127 Å². The number of nitrogens with zero attached hydrogens (tertiary/aromatic N) is 1. The quantitative estimate of drug-likeness (QED) is 0.924. The van der Waals surface area contributed by atoms with Gasteiger partial charge in [-0.25, -0.2) is 0 Å². The third-order valence-electron chi connectivity index (χ3n) is 5.49. The molecule has 1 aromatic rings. The minimum absolute atomic E-state index is 0.0589. The van der Waals surface area contributed by atoms with Crippen molar-refractivity contribution in [3.05, 3.63) is 35.4 Å². The van der Waals surface area contributed by atoms with E-state index in [2.05, 4.69) is 31.2 Å². The Morgan fingerprint density at radius 1 is 1.19 bits per heavy atom. The lowest BCUT2D eigenvalue weighted by molar-refractivity contribution is -0.137. The summed E-state index contributed by atoms with van der Waals surface area (Å²) in [6.07, 6.45) is 4.62. The highest BCUT2D eigenvalue weighted by atomic mass is 16.2. The number of nitrogens with two attached hydrogens (primary N) is 1. The number of benzene rings is 1. The van der Waals surface area contributed by atoms with Gasteiger partial charge in [-0.3, -0.25) is 4.79 Å². The van der Waals surface area contributed by atoms with Gasteiger partial charge in [-0.05, 0) is 48.6 Å². The molecule has 3 nitrogen and oxygen atoms in total. The highest BCUT2D eigenvalue weighted by Gasteiger charge is 2.49. The molecule has 1 amide bonds. The Morgan fingerprint density at radius 2 is 1.81 bits per heavy atom. The summed E-state index contributed by atoms with van der Waals surface area (Å²) in [5.74, 6) is 1.42.